The predicted octanol–water partition coefficient (Wildman–Crippen LogP) is 4.57. The highest BCUT2D eigenvalue weighted by atomic mass is 127. The number of esters is 2. The Morgan fingerprint density at radius 1 is 1.38 bits per heavy atom. The molecule has 0 aromatic rings. The molecule has 0 saturated heterocycles. The second kappa shape index (κ2) is 7.93. The number of allylic oxidation sites excluding steroid dienone is 1. The lowest BCUT2D eigenvalue weighted by Crippen LogP contribution is -2.40. The molecule has 1 unspecified atom stereocenters. The van der Waals surface area contributed by atoms with Crippen LogP contribution in [0.1, 0.15) is 46.5 Å². The predicted molar refractivity (Wildman–Crippen MR) is 95.0 cm³/mol. The molecule has 1 aliphatic rings. The molecule has 1 aliphatic carbocycles. The molecule has 136 valence electrons. The fourth-order valence-corrected chi connectivity index (χ4v) is 2.93. The van der Waals surface area contributed by atoms with Crippen molar-refractivity contribution in [2.45, 2.75) is 56.0 Å². The zero-order valence-corrected chi connectivity index (χ0v) is 16.3. The van der Waals surface area contributed by atoms with Crippen LogP contribution in [0, 0.1) is 5.41 Å². The minimum atomic E-state index is -3.56. The van der Waals surface area contributed by atoms with Gasteiger partial charge in [-0.1, -0.05) is 25.7 Å². The van der Waals surface area contributed by atoms with Gasteiger partial charge >= 0.3 is 15.9 Å². The average molecular weight is 456 g/mol. The van der Waals surface area contributed by atoms with E-state index in [0.717, 1.165) is 35.4 Å². The molecule has 0 aliphatic heterocycles. The quantitative estimate of drug-likeness (QED) is 0.200. The van der Waals surface area contributed by atoms with Crippen molar-refractivity contribution in [3.05, 3.63) is 24.3 Å². The van der Waals surface area contributed by atoms with Gasteiger partial charge in [-0.2, -0.15) is 8.78 Å². The van der Waals surface area contributed by atoms with Gasteiger partial charge in [0.05, 0.1) is 0 Å². The van der Waals surface area contributed by atoms with E-state index in [4.69, 9.17) is 9.47 Å². The van der Waals surface area contributed by atoms with E-state index < -0.39 is 26.9 Å². The summed E-state index contributed by atoms with van der Waals surface area (Å²) in [5.74, 6) is -2.05. The highest BCUT2D eigenvalue weighted by Crippen LogP contribution is 2.38. The lowest BCUT2D eigenvalue weighted by Gasteiger charge is -2.38. The molecule has 1 rings (SSSR count). The summed E-state index contributed by atoms with van der Waals surface area (Å²) < 4.78 is 32.7. The van der Waals surface area contributed by atoms with Crippen molar-refractivity contribution in [1.29, 1.82) is 0 Å². The number of carbonyl (C=O) groups is 2. The van der Waals surface area contributed by atoms with Gasteiger partial charge in [0.2, 0.25) is 0 Å². The van der Waals surface area contributed by atoms with Crippen molar-refractivity contribution in [3.63, 3.8) is 0 Å². The molecule has 2 atom stereocenters. The first-order valence-corrected chi connectivity index (χ1v) is 8.75. The zero-order chi connectivity index (χ0) is 18.6. The molecule has 0 aromatic carbocycles. The maximum atomic E-state index is 13.0. The fourth-order valence-electron chi connectivity index (χ4n) is 2.77. The fraction of sp³-hybridized carbons (Fsp3) is 0.647. The SMILES string of the molecule is C=C(C)C(=O)O[C@@]1(C)CCCC=CC(C)(COC(=O)C(F)(F)I)C1. The number of halogens is 3. The number of alkyl halides is 3. The van der Waals surface area contributed by atoms with Crippen LogP contribution in [0.2, 0.25) is 0 Å². The second-order valence-electron chi connectivity index (χ2n) is 6.82. The number of hydrogen-bond donors (Lipinski definition) is 0. The molecule has 0 amide bonds. The van der Waals surface area contributed by atoms with Crippen LogP contribution in [0.4, 0.5) is 8.78 Å². The molecular formula is C17H23F2IO4. The molecular weight excluding hydrogens is 433 g/mol. The maximum absolute atomic E-state index is 13.0. The summed E-state index contributed by atoms with van der Waals surface area (Å²) in [6.07, 6.45) is 6.37. The summed E-state index contributed by atoms with van der Waals surface area (Å²) >= 11 is 0.741. The summed E-state index contributed by atoms with van der Waals surface area (Å²) in [5, 5.41) is 0. The molecule has 7 heteroatoms. The summed E-state index contributed by atoms with van der Waals surface area (Å²) in [4.78, 5) is 23.2. The zero-order valence-electron chi connectivity index (χ0n) is 14.2. The molecule has 0 bridgehead atoms. The molecule has 0 aromatic heterocycles. The third-order valence-corrected chi connectivity index (χ3v) is 4.27. The van der Waals surface area contributed by atoms with Gasteiger partial charge in [-0.05, 0) is 39.5 Å². The van der Waals surface area contributed by atoms with Crippen LogP contribution in [-0.2, 0) is 19.1 Å². The van der Waals surface area contributed by atoms with Crippen LogP contribution in [-0.4, -0.2) is 28.1 Å². The van der Waals surface area contributed by atoms with Gasteiger partial charge in [0.15, 0.2) is 0 Å². The number of hydrogen-bond acceptors (Lipinski definition) is 4. The third kappa shape index (κ3) is 6.49. The van der Waals surface area contributed by atoms with Crippen LogP contribution >= 0.6 is 22.6 Å². The lowest BCUT2D eigenvalue weighted by atomic mass is 9.76. The standard InChI is InChI=1S/C17H23F2IO4/c1-12(2)13(21)24-16(4)9-7-5-6-8-15(3,10-16)11-23-14(22)17(18,19)20/h6,8H,1,5,7,9-11H2,2-4H3/t15?,16-/m0/s1. The first-order valence-electron chi connectivity index (χ1n) is 7.67. The first-order chi connectivity index (χ1) is 10.9. The molecule has 0 saturated carbocycles. The van der Waals surface area contributed by atoms with Crippen molar-refractivity contribution in [3.8, 4) is 0 Å². The smallest absolute Gasteiger partial charge is 0.390 e. The van der Waals surface area contributed by atoms with Crippen LogP contribution in [0.15, 0.2) is 24.3 Å². The summed E-state index contributed by atoms with van der Waals surface area (Å²) in [6, 6.07) is 0. The van der Waals surface area contributed by atoms with Crippen molar-refractivity contribution < 1.29 is 27.8 Å². The molecule has 0 heterocycles. The number of ether oxygens (including phenoxy) is 2. The molecule has 0 N–H and O–H groups in total. The topological polar surface area (TPSA) is 52.6 Å². The Morgan fingerprint density at radius 2 is 2.00 bits per heavy atom. The van der Waals surface area contributed by atoms with Crippen LogP contribution in [0.3, 0.4) is 0 Å². The van der Waals surface area contributed by atoms with Gasteiger partial charge in [-0.15, -0.1) is 0 Å². The van der Waals surface area contributed by atoms with Crippen LogP contribution in [0.25, 0.3) is 0 Å². The van der Waals surface area contributed by atoms with E-state index in [9.17, 15) is 18.4 Å². The van der Waals surface area contributed by atoms with Gasteiger partial charge in [-0.3, -0.25) is 0 Å². The molecule has 0 radical (unpaired) electrons. The summed E-state index contributed by atoms with van der Waals surface area (Å²) in [6.45, 7) is 8.53. The minimum absolute atomic E-state index is 0.207. The Balaban J connectivity index is 2.90. The highest BCUT2D eigenvalue weighted by molar-refractivity contribution is 14.1. The molecule has 0 fully saturated rings. The van der Waals surface area contributed by atoms with Crippen molar-refractivity contribution >= 4 is 34.5 Å². The number of rotatable bonds is 5. The average Bonchev–Trinajstić information content (AvgIpc) is 2.41. The maximum Gasteiger partial charge on any atom is 0.390 e. The van der Waals surface area contributed by atoms with Gasteiger partial charge in [0.25, 0.3) is 0 Å². The third-order valence-electron chi connectivity index (χ3n) is 3.83. The molecule has 4 nitrogen and oxygen atoms in total. The van der Waals surface area contributed by atoms with E-state index in [0.29, 0.717) is 18.4 Å². The molecule has 24 heavy (non-hydrogen) atoms. The number of carbonyl (C=O) groups excluding carboxylic acids is 2. The van der Waals surface area contributed by atoms with Gasteiger partial charge < -0.3 is 9.47 Å². The Kier molecular flexibility index (Phi) is 6.95. The van der Waals surface area contributed by atoms with Crippen molar-refractivity contribution in [2.24, 2.45) is 5.41 Å². The van der Waals surface area contributed by atoms with E-state index in [-0.39, 0.29) is 6.61 Å². The Labute approximate surface area is 154 Å². The van der Waals surface area contributed by atoms with Crippen molar-refractivity contribution in [2.75, 3.05) is 6.61 Å². The Hall–Kier alpha value is -0.990. The lowest BCUT2D eigenvalue weighted by molar-refractivity contribution is -0.165. The monoisotopic (exact) mass is 456 g/mol. The Bertz CT molecular complexity index is 541. The van der Waals surface area contributed by atoms with E-state index >= 15 is 0 Å². The van der Waals surface area contributed by atoms with Crippen LogP contribution < -0.4 is 0 Å². The first kappa shape index (κ1) is 21.1. The van der Waals surface area contributed by atoms with E-state index in [1.807, 2.05) is 12.2 Å². The van der Waals surface area contributed by atoms with Crippen molar-refractivity contribution in [1.82, 2.24) is 0 Å². The van der Waals surface area contributed by atoms with E-state index in [1.165, 1.54) is 0 Å². The van der Waals surface area contributed by atoms with Crippen LogP contribution in [0.5, 0.6) is 0 Å². The molecule has 0 spiro atoms. The largest absolute Gasteiger partial charge is 0.460 e. The van der Waals surface area contributed by atoms with E-state index in [2.05, 4.69) is 6.58 Å². The normalized spacial score (nSPS) is 27.8. The highest BCUT2D eigenvalue weighted by Gasteiger charge is 2.41. The van der Waals surface area contributed by atoms with E-state index in [1.54, 1.807) is 20.8 Å². The van der Waals surface area contributed by atoms with Gasteiger partial charge in [0.1, 0.15) is 12.2 Å². The minimum Gasteiger partial charge on any atom is -0.460 e. The van der Waals surface area contributed by atoms with Gasteiger partial charge in [-0.25, -0.2) is 9.59 Å². The summed E-state index contributed by atoms with van der Waals surface area (Å²) in [7, 11) is 0. The Morgan fingerprint density at radius 3 is 2.54 bits per heavy atom. The summed E-state index contributed by atoms with van der Waals surface area (Å²) in [5.41, 5.74) is -1.19. The second-order valence-corrected chi connectivity index (χ2v) is 8.17. The van der Waals surface area contributed by atoms with Gasteiger partial charge in [0, 0.05) is 33.6 Å².